The van der Waals surface area contributed by atoms with Gasteiger partial charge in [-0.15, -0.1) is 0 Å². The van der Waals surface area contributed by atoms with E-state index in [9.17, 15) is 65.9 Å². The third kappa shape index (κ3) is 3.86. The zero-order chi connectivity index (χ0) is 28.0. The van der Waals surface area contributed by atoms with Crippen LogP contribution in [0.3, 0.4) is 0 Å². The molecule has 0 aromatic heterocycles. The number of hydrogen-bond acceptors (Lipinski definition) is 4. The highest BCUT2D eigenvalue weighted by molar-refractivity contribution is 7.88. The molecular weight excluding hydrogens is 556 g/mol. The van der Waals surface area contributed by atoms with Crippen molar-refractivity contribution in [2.45, 2.75) is 73.4 Å². The van der Waals surface area contributed by atoms with Crippen LogP contribution in [0.15, 0.2) is 0 Å². The van der Waals surface area contributed by atoms with Crippen molar-refractivity contribution in [3.8, 4) is 0 Å². The second-order valence-electron chi connectivity index (χ2n) is 9.87. The van der Waals surface area contributed by atoms with Crippen LogP contribution in [0.5, 0.6) is 0 Å². The zero-order valence-electron chi connectivity index (χ0n) is 17.7. The van der Waals surface area contributed by atoms with Crippen LogP contribution in [0.4, 0.5) is 52.7 Å². The van der Waals surface area contributed by atoms with Gasteiger partial charge in [0.15, 0.2) is 0 Å². The van der Waals surface area contributed by atoms with Gasteiger partial charge in [-0.3, -0.25) is 4.55 Å². The fraction of sp³-hybridized carbons (Fsp3) is 0.944. The van der Waals surface area contributed by atoms with Gasteiger partial charge in [0.1, 0.15) is 0 Å². The molecule has 5 nitrogen and oxygen atoms in total. The number of hydrogen-bond donors (Lipinski definition) is 1. The number of alkyl halides is 12. The van der Waals surface area contributed by atoms with Crippen molar-refractivity contribution in [1.82, 2.24) is 0 Å². The van der Waals surface area contributed by atoms with Crippen LogP contribution >= 0.6 is 0 Å². The molecule has 4 rings (SSSR count). The standard InChI is InChI=1S/C18H18F12O5S/c19-14(20,15(21,22)16(23,24)18(28,29)30)13(17(25,26)27,36(32,33)34)11(31)35-7-12-4-8-1-9(5-12)3-10(2-8)6-12/h8-10H,1-7H2,(H,32,33,34). The minimum Gasteiger partial charge on any atom is -0.463 e. The van der Waals surface area contributed by atoms with E-state index in [0.717, 1.165) is 0 Å². The van der Waals surface area contributed by atoms with Gasteiger partial charge in [0.05, 0.1) is 6.61 Å². The summed E-state index contributed by atoms with van der Waals surface area (Å²) in [7, 11) is -7.94. The Morgan fingerprint density at radius 2 is 1.11 bits per heavy atom. The van der Waals surface area contributed by atoms with Crippen molar-refractivity contribution in [2.75, 3.05) is 6.61 Å². The van der Waals surface area contributed by atoms with E-state index in [1.807, 2.05) is 0 Å². The minimum atomic E-state index is -8.21. The van der Waals surface area contributed by atoms with E-state index in [4.69, 9.17) is 4.55 Å². The lowest BCUT2D eigenvalue weighted by Crippen LogP contribution is -2.77. The molecule has 18 heteroatoms. The van der Waals surface area contributed by atoms with E-state index in [-0.39, 0.29) is 37.0 Å². The summed E-state index contributed by atoms with van der Waals surface area (Å²) in [5.74, 6) is -28.2. The van der Waals surface area contributed by atoms with E-state index < -0.39 is 63.0 Å². The number of esters is 1. The highest BCUT2D eigenvalue weighted by atomic mass is 32.2. The molecule has 0 radical (unpaired) electrons. The molecule has 1 atom stereocenters. The summed E-state index contributed by atoms with van der Waals surface area (Å²) in [5, 5.41) is 0. The maximum absolute atomic E-state index is 14.6. The first-order valence-electron chi connectivity index (χ1n) is 10.3. The van der Waals surface area contributed by atoms with Crippen LogP contribution < -0.4 is 0 Å². The maximum atomic E-state index is 14.6. The lowest BCUT2D eigenvalue weighted by atomic mass is 9.50. The first-order valence-corrected chi connectivity index (χ1v) is 11.7. The van der Waals surface area contributed by atoms with E-state index in [1.165, 1.54) is 0 Å². The van der Waals surface area contributed by atoms with Gasteiger partial charge in [-0.2, -0.15) is 61.1 Å². The Kier molecular flexibility index (Phi) is 6.48. The third-order valence-corrected chi connectivity index (χ3v) is 8.76. The summed E-state index contributed by atoms with van der Waals surface area (Å²) in [5.41, 5.74) is -1.17. The van der Waals surface area contributed by atoms with Gasteiger partial charge in [-0.1, -0.05) is 0 Å². The van der Waals surface area contributed by atoms with E-state index in [0.29, 0.717) is 19.3 Å². The highest BCUT2D eigenvalue weighted by Gasteiger charge is 2.95. The summed E-state index contributed by atoms with van der Waals surface area (Å²) in [6.07, 6.45) is -12.6. The van der Waals surface area contributed by atoms with Crippen molar-refractivity contribution >= 4 is 16.1 Å². The maximum Gasteiger partial charge on any atom is 0.460 e. The third-order valence-electron chi connectivity index (χ3n) is 7.33. The Morgan fingerprint density at radius 1 is 0.722 bits per heavy atom. The van der Waals surface area contributed by atoms with E-state index >= 15 is 0 Å². The van der Waals surface area contributed by atoms with E-state index in [2.05, 4.69) is 4.74 Å². The molecule has 1 N–H and O–H groups in total. The Morgan fingerprint density at radius 3 is 1.42 bits per heavy atom. The summed E-state index contributed by atoms with van der Waals surface area (Å²) < 4.78 is 191. The lowest BCUT2D eigenvalue weighted by Gasteiger charge is -2.56. The molecule has 0 spiro atoms. The molecule has 0 aromatic carbocycles. The summed E-state index contributed by atoms with van der Waals surface area (Å²) in [6, 6.07) is 0. The summed E-state index contributed by atoms with van der Waals surface area (Å²) >= 11 is 0. The fourth-order valence-electron chi connectivity index (χ4n) is 6.22. The van der Waals surface area contributed by atoms with Gasteiger partial charge in [-0.25, -0.2) is 4.79 Å². The van der Waals surface area contributed by atoms with Gasteiger partial charge in [0, 0.05) is 5.41 Å². The first kappa shape index (κ1) is 29.1. The summed E-state index contributed by atoms with van der Waals surface area (Å²) in [4.78, 5) is 12.3. The second kappa shape index (κ2) is 8.02. The van der Waals surface area contributed by atoms with Crippen LogP contribution in [-0.2, 0) is 19.6 Å². The van der Waals surface area contributed by atoms with E-state index in [1.54, 1.807) is 0 Å². The highest BCUT2D eigenvalue weighted by Crippen LogP contribution is 2.63. The van der Waals surface area contributed by atoms with Gasteiger partial charge in [0.25, 0.3) is 10.1 Å². The number of ether oxygens (including phenoxy) is 1. The minimum absolute atomic E-state index is 0.0137. The van der Waals surface area contributed by atoms with Crippen LogP contribution in [-0.4, -0.2) is 60.4 Å². The normalized spacial score (nSPS) is 31.3. The van der Waals surface area contributed by atoms with Crippen LogP contribution in [0.25, 0.3) is 0 Å². The monoisotopic (exact) mass is 574 g/mol. The average Bonchev–Trinajstić information content (AvgIpc) is 2.62. The smallest absolute Gasteiger partial charge is 0.460 e. The molecule has 4 saturated carbocycles. The molecule has 0 aliphatic heterocycles. The molecule has 36 heavy (non-hydrogen) atoms. The molecule has 4 aliphatic rings. The molecule has 0 aromatic rings. The quantitative estimate of drug-likeness (QED) is 0.250. The molecule has 4 aliphatic carbocycles. The topological polar surface area (TPSA) is 80.7 Å². The fourth-order valence-corrected chi connectivity index (χ4v) is 7.23. The Balaban J connectivity index is 2.09. The zero-order valence-corrected chi connectivity index (χ0v) is 18.5. The second-order valence-corrected chi connectivity index (χ2v) is 11.4. The van der Waals surface area contributed by atoms with Crippen LogP contribution in [0.2, 0.25) is 0 Å². The Bertz CT molecular complexity index is 968. The Hall–Kier alpha value is -1.46. The number of halogens is 12. The van der Waals surface area contributed by atoms with Gasteiger partial charge < -0.3 is 4.74 Å². The van der Waals surface area contributed by atoms with Crippen LogP contribution in [0.1, 0.15) is 38.5 Å². The first-order chi connectivity index (χ1) is 15.9. The number of carbonyl (C=O) groups is 1. The number of rotatable bonds is 7. The molecule has 0 heterocycles. The van der Waals surface area contributed by atoms with Crippen molar-refractivity contribution in [2.24, 2.45) is 23.2 Å². The lowest BCUT2D eigenvalue weighted by molar-refractivity contribution is -0.408. The molecule has 0 amide bonds. The van der Waals surface area contributed by atoms with Gasteiger partial charge in [-0.05, 0) is 56.3 Å². The molecule has 4 bridgehead atoms. The van der Waals surface area contributed by atoms with Crippen molar-refractivity contribution < 1.29 is 75.2 Å². The number of carbonyl (C=O) groups excluding carboxylic acids is 1. The largest absolute Gasteiger partial charge is 0.463 e. The Labute approximate surface area is 195 Å². The molecule has 210 valence electrons. The molecule has 4 fully saturated rings. The van der Waals surface area contributed by atoms with Gasteiger partial charge in [0.2, 0.25) is 0 Å². The average molecular weight is 574 g/mol. The van der Waals surface area contributed by atoms with Gasteiger partial charge >= 0.3 is 40.8 Å². The molecule has 1 unspecified atom stereocenters. The predicted molar refractivity (Wildman–Crippen MR) is 92.8 cm³/mol. The van der Waals surface area contributed by atoms with Crippen molar-refractivity contribution in [3.63, 3.8) is 0 Å². The van der Waals surface area contributed by atoms with Crippen molar-refractivity contribution in [1.29, 1.82) is 0 Å². The van der Waals surface area contributed by atoms with Crippen LogP contribution in [0, 0.1) is 23.2 Å². The van der Waals surface area contributed by atoms with Crippen molar-refractivity contribution in [3.05, 3.63) is 0 Å². The summed E-state index contributed by atoms with van der Waals surface area (Å²) in [6.45, 7) is -1.24. The molecular formula is C18H18F12O5S. The predicted octanol–water partition coefficient (Wildman–Crippen LogP) is 5.40. The molecule has 0 saturated heterocycles. The SMILES string of the molecule is O=C(OCC12CC3CC(CC(C3)C1)C2)C(C(F)(F)F)(C(F)(F)C(F)(F)C(F)(F)C(F)(F)F)S(=O)(=O)O.